The number of hydrogen-bond acceptors (Lipinski definition) is 2. The fraction of sp³-hybridized carbons (Fsp3) is 0.556. The van der Waals surface area contributed by atoms with E-state index in [-0.39, 0.29) is 0 Å². The molecule has 0 aromatic carbocycles. The minimum Gasteiger partial charge on any atom is -0.395 e. The molecule has 0 aliphatic heterocycles. The second-order valence-electron chi connectivity index (χ2n) is 2.62. The van der Waals surface area contributed by atoms with Crippen LogP contribution in [0.15, 0.2) is 23.9 Å². The van der Waals surface area contributed by atoms with Gasteiger partial charge in [-0.15, -0.1) is 0 Å². The van der Waals surface area contributed by atoms with Gasteiger partial charge in [0.05, 0.1) is 0 Å². The Bertz CT molecular complexity index is 160. The maximum Gasteiger partial charge on any atom is 0.361 e. The van der Waals surface area contributed by atoms with Crippen LogP contribution in [0.4, 0.5) is 0 Å². The Hall–Kier alpha value is -0.383. The molecule has 0 radical (unpaired) electrons. The van der Waals surface area contributed by atoms with Crippen molar-refractivity contribution in [1.29, 1.82) is 0 Å². The van der Waals surface area contributed by atoms with Crippen molar-refractivity contribution in [2.24, 2.45) is 0 Å². The van der Waals surface area contributed by atoms with Crippen molar-refractivity contribution < 1.29 is 8.85 Å². The van der Waals surface area contributed by atoms with Gasteiger partial charge < -0.3 is 8.85 Å². The highest BCUT2D eigenvalue weighted by atomic mass is 28.4. The zero-order valence-electron chi connectivity index (χ0n) is 8.33. The third kappa shape index (κ3) is 4.49. The standard InChI is InChI=1S/C9H18O2Si/c1-5-6-7-8-9-12(4,10-2)11-3/h6-9H,5H2,1-4H3. The van der Waals surface area contributed by atoms with E-state index in [0.717, 1.165) is 6.42 Å². The third-order valence-electron chi connectivity index (χ3n) is 1.69. The van der Waals surface area contributed by atoms with Crippen molar-refractivity contribution in [2.45, 2.75) is 19.9 Å². The number of hydrogen-bond donors (Lipinski definition) is 0. The van der Waals surface area contributed by atoms with E-state index in [9.17, 15) is 0 Å². The maximum atomic E-state index is 5.26. The highest BCUT2D eigenvalue weighted by Crippen LogP contribution is 2.05. The molecule has 0 rings (SSSR count). The first-order chi connectivity index (χ1) is 5.68. The van der Waals surface area contributed by atoms with Gasteiger partial charge in [0.1, 0.15) is 0 Å². The van der Waals surface area contributed by atoms with E-state index in [1.807, 2.05) is 24.4 Å². The van der Waals surface area contributed by atoms with Gasteiger partial charge in [-0.25, -0.2) is 0 Å². The lowest BCUT2D eigenvalue weighted by atomic mass is 10.4. The first kappa shape index (κ1) is 11.6. The minimum absolute atomic E-state index is 1.06. The Morgan fingerprint density at radius 1 is 1.17 bits per heavy atom. The predicted octanol–water partition coefficient (Wildman–Crippen LogP) is 2.41. The molecule has 70 valence electrons. The smallest absolute Gasteiger partial charge is 0.361 e. The van der Waals surface area contributed by atoms with Crippen LogP contribution in [0, 0.1) is 0 Å². The van der Waals surface area contributed by atoms with Crippen LogP contribution in [0.3, 0.4) is 0 Å². The van der Waals surface area contributed by atoms with Gasteiger partial charge in [0.2, 0.25) is 0 Å². The maximum absolute atomic E-state index is 5.26. The van der Waals surface area contributed by atoms with Crippen molar-refractivity contribution in [3.8, 4) is 0 Å². The van der Waals surface area contributed by atoms with Crippen LogP contribution < -0.4 is 0 Å². The molecule has 0 aromatic rings. The van der Waals surface area contributed by atoms with Crippen molar-refractivity contribution in [3.05, 3.63) is 23.9 Å². The highest BCUT2D eigenvalue weighted by Gasteiger charge is 2.23. The summed E-state index contributed by atoms with van der Waals surface area (Å²) >= 11 is 0. The van der Waals surface area contributed by atoms with Crippen LogP contribution in [-0.4, -0.2) is 22.8 Å². The molecule has 0 N–H and O–H groups in total. The summed E-state index contributed by atoms with van der Waals surface area (Å²) in [6.07, 6.45) is 7.16. The van der Waals surface area contributed by atoms with Gasteiger partial charge in [-0.1, -0.05) is 25.2 Å². The molecule has 0 spiro atoms. The van der Waals surface area contributed by atoms with E-state index in [1.54, 1.807) is 14.2 Å². The molecule has 0 amide bonds. The topological polar surface area (TPSA) is 18.5 Å². The first-order valence-electron chi connectivity index (χ1n) is 4.13. The summed E-state index contributed by atoms with van der Waals surface area (Å²) < 4.78 is 10.5. The van der Waals surface area contributed by atoms with Gasteiger partial charge in [-0.05, 0) is 18.7 Å². The summed E-state index contributed by atoms with van der Waals surface area (Å²) in [6.45, 7) is 4.11. The Balaban J connectivity index is 4.01. The molecule has 0 heterocycles. The van der Waals surface area contributed by atoms with Gasteiger partial charge in [-0.3, -0.25) is 0 Å². The second kappa shape index (κ2) is 6.17. The summed E-state index contributed by atoms with van der Waals surface area (Å²) in [5.74, 6) is 0. The van der Waals surface area contributed by atoms with Gasteiger partial charge in [0, 0.05) is 14.2 Å². The minimum atomic E-state index is -1.98. The van der Waals surface area contributed by atoms with Crippen molar-refractivity contribution >= 4 is 8.56 Å². The van der Waals surface area contributed by atoms with Crippen molar-refractivity contribution in [2.75, 3.05) is 14.2 Å². The van der Waals surface area contributed by atoms with Crippen LogP contribution in [0.5, 0.6) is 0 Å². The monoisotopic (exact) mass is 186 g/mol. The van der Waals surface area contributed by atoms with E-state index in [1.165, 1.54) is 0 Å². The van der Waals surface area contributed by atoms with E-state index in [4.69, 9.17) is 8.85 Å². The first-order valence-corrected chi connectivity index (χ1v) is 6.52. The average molecular weight is 186 g/mol. The van der Waals surface area contributed by atoms with Crippen LogP contribution in [0.2, 0.25) is 6.55 Å². The molecule has 2 nitrogen and oxygen atoms in total. The lowest BCUT2D eigenvalue weighted by molar-refractivity contribution is 0.264. The molecule has 0 bridgehead atoms. The molecule has 3 heteroatoms. The van der Waals surface area contributed by atoms with Gasteiger partial charge in [-0.2, -0.15) is 0 Å². The Morgan fingerprint density at radius 2 is 1.75 bits per heavy atom. The molecule has 0 aliphatic rings. The predicted molar refractivity (Wildman–Crippen MR) is 54.2 cm³/mol. The van der Waals surface area contributed by atoms with Gasteiger partial charge in [0.25, 0.3) is 0 Å². The molecule has 0 atom stereocenters. The molecular formula is C9H18O2Si. The lowest BCUT2D eigenvalue weighted by Gasteiger charge is -2.17. The fourth-order valence-electron chi connectivity index (χ4n) is 0.664. The van der Waals surface area contributed by atoms with Gasteiger partial charge >= 0.3 is 8.56 Å². The molecule has 12 heavy (non-hydrogen) atoms. The quantitative estimate of drug-likeness (QED) is 0.485. The third-order valence-corrected chi connectivity index (χ3v) is 4.11. The molecule has 0 aliphatic carbocycles. The molecule has 0 aromatic heterocycles. The Morgan fingerprint density at radius 3 is 2.17 bits per heavy atom. The summed E-state index contributed by atoms with van der Waals surface area (Å²) in [7, 11) is 1.39. The van der Waals surface area contributed by atoms with E-state index < -0.39 is 8.56 Å². The molecule has 0 saturated heterocycles. The molecular weight excluding hydrogens is 168 g/mol. The largest absolute Gasteiger partial charge is 0.395 e. The highest BCUT2D eigenvalue weighted by molar-refractivity contribution is 6.71. The Kier molecular flexibility index (Phi) is 5.97. The SMILES string of the molecule is CCC=CC=C[Si](C)(OC)OC. The summed E-state index contributed by atoms with van der Waals surface area (Å²) in [5.41, 5.74) is 2.01. The summed E-state index contributed by atoms with van der Waals surface area (Å²) in [5, 5.41) is 0. The van der Waals surface area contributed by atoms with Crippen molar-refractivity contribution in [1.82, 2.24) is 0 Å². The zero-order chi connectivity index (χ0) is 9.45. The lowest BCUT2D eigenvalue weighted by Crippen LogP contribution is -2.33. The van der Waals surface area contributed by atoms with Gasteiger partial charge in [0.15, 0.2) is 0 Å². The number of rotatable bonds is 5. The summed E-state index contributed by atoms with van der Waals surface area (Å²) in [4.78, 5) is 0. The fourth-order valence-corrected chi connectivity index (χ4v) is 1.56. The van der Waals surface area contributed by atoms with E-state index >= 15 is 0 Å². The normalized spacial score (nSPS) is 13.3. The molecule has 0 fully saturated rings. The van der Waals surface area contributed by atoms with E-state index in [2.05, 4.69) is 13.0 Å². The van der Waals surface area contributed by atoms with Crippen molar-refractivity contribution in [3.63, 3.8) is 0 Å². The summed E-state index contributed by atoms with van der Waals surface area (Å²) in [6, 6.07) is 0. The molecule has 0 unspecified atom stereocenters. The number of allylic oxidation sites excluding steroid dienone is 3. The zero-order valence-corrected chi connectivity index (χ0v) is 9.33. The second-order valence-corrected chi connectivity index (χ2v) is 5.80. The Labute approximate surface area is 76.1 Å². The van der Waals surface area contributed by atoms with Crippen LogP contribution in [0.1, 0.15) is 13.3 Å². The van der Waals surface area contributed by atoms with Crippen LogP contribution in [-0.2, 0) is 8.85 Å². The van der Waals surface area contributed by atoms with E-state index in [0.29, 0.717) is 0 Å². The van der Waals surface area contributed by atoms with Crippen LogP contribution >= 0.6 is 0 Å². The average Bonchev–Trinajstić information content (AvgIpc) is 2.12. The van der Waals surface area contributed by atoms with Crippen LogP contribution in [0.25, 0.3) is 0 Å². The molecule has 0 saturated carbocycles.